The molecule has 4 nitrogen and oxygen atoms in total. The van der Waals surface area contributed by atoms with Crippen molar-refractivity contribution in [3.05, 3.63) is 0 Å². The zero-order valence-corrected chi connectivity index (χ0v) is 9.94. The summed E-state index contributed by atoms with van der Waals surface area (Å²) in [6.45, 7) is 2.66. The average molecular weight is 228 g/mol. The molecule has 1 aliphatic carbocycles. The quantitative estimate of drug-likeness (QED) is 0.596. The Bertz CT molecular complexity index is 203. The van der Waals surface area contributed by atoms with Gasteiger partial charge in [-0.05, 0) is 32.2 Å². The standard InChI is InChI=1S/C12H24N2O2/c15-9-12(16)8-14(11-4-5-11)7-10-3-1-2-6-13-10/h10-13,15-16H,1-9H2. The number of nitrogens with one attached hydrogen (secondary N) is 1. The lowest BCUT2D eigenvalue weighted by molar-refractivity contribution is 0.0522. The molecule has 0 bridgehead atoms. The fraction of sp³-hybridized carbons (Fsp3) is 1.00. The third-order valence-electron chi connectivity index (χ3n) is 3.59. The Balaban J connectivity index is 1.77. The second-order valence-electron chi connectivity index (χ2n) is 5.17. The molecule has 2 unspecified atom stereocenters. The molecule has 1 heterocycles. The van der Waals surface area contributed by atoms with E-state index in [9.17, 15) is 5.11 Å². The molecule has 1 saturated heterocycles. The first kappa shape index (κ1) is 12.3. The fourth-order valence-corrected chi connectivity index (χ4v) is 2.50. The van der Waals surface area contributed by atoms with E-state index in [1.807, 2.05) is 0 Å². The molecule has 0 aromatic heterocycles. The maximum absolute atomic E-state index is 9.52. The van der Waals surface area contributed by atoms with Crippen LogP contribution < -0.4 is 5.32 Å². The van der Waals surface area contributed by atoms with Crippen molar-refractivity contribution in [2.45, 2.75) is 50.3 Å². The number of nitrogens with zero attached hydrogens (tertiary/aromatic N) is 1. The highest BCUT2D eigenvalue weighted by Gasteiger charge is 2.31. The Morgan fingerprint density at radius 1 is 1.25 bits per heavy atom. The second kappa shape index (κ2) is 5.96. The minimum atomic E-state index is -0.579. The van der Waals surface area contributed by atoms with Crippen molar-refractivity contribution in [1.29, 1.82) is 0 Å². The molecule has 0 spiro atoms. The van der Waals surface area contributed by atoms with E-state index in [1.54, 1.807) is 0 Å². The van der Waals surface area contributed by atoms with Gasteiger partial charge in [-0.1, -0.05) is 6.42 Å². The van der Waals surface area contributed by atoms with Crippen LogP contribution in [-0.2, 0) is 0 Å². The van der Waals surface area contributed by atoms with Crippen LogP contribution in [0.1, 0.15) is 32.1 Å². The first-order valence-corrected chi connectivity index (χ1v) is 6.56. The van der Waals surface area contributed by atoms with E-state index < -0.39 is 6.10 Å². The minimum Gasteiger partial charge on any atom is -0.394 e. The molecule has 94 valence electrons. The molecule has 2 rings (SSSR count). The van der Waals surface area contributed by atoms with Crippen molar-refractivity contribution < 1.29 is 10.2 Å². The summed E-state index contributed by atoms with van der Waals surface area (Å²) in [6, 6.07) is 1.24. The van der Waals surface area contributed by atoms with Crippen LogP contribution in [0, 0.1) is 0 Å². The van der Waals surface area contributed by atoms with E-state index in [4.69, 9.17) is 5.11 Å². The lowest BCUT2D eigenvalue weighted by Gasteiger charge is -2.31. The third kappa shape index (κ3) is 3.70. The highest BCUT2D eigenvalue weighted by molar-refractivity contribution is 4.88. The summed E-state index contributed by atoms with van der Waals surface area (Å²) < 4.78 is 0. The van der Waals surface area contributed by atoms with E-state index in [-0.39, 0.29) is 6.61 Å². The summed E-state index contributed by atoms with van der Waals surface area (Å²) in [5, 5.41) is 22.0. The molecule has 2 atom stereocenters. The van der Waals surface area contributed by atoms with Crippen LogP contribution in [0.5, 0.6) is 0 Å². The smallest absolute Gasteiger partial charge is 0.0897 e. The highest BCUT2D eigenvalue weighted by Crippen LogP contribution is 2.27. The topological polar surface area (TPSA) is 55.7 Å². The normalized spacial score (nSPS) is 28.3. The van der Waals surface area contributed by atoms with E-state index >= 15 is 0 Å². The summed E-state index contributed by atoms with van der Waals surface area (Å²) in [6.07, 6.45) is 5.79. The molecule has 0 aromatic rings. The van der Waals surface area contributed by atoms with Gasteiger partial charge < -0.3 is 15.5 Å². The van der Waals surface area contributed by atoms with Gasteiger partial charge in [0.15, 0.2) is 0 Å². The van der Waals surface area contributed by atoms with Gasteiger partial charge in [0.1, 0.15) is 0 Å². The molecule has 0 amide bonds. The molecule has 1 saturated carbocycles. The molecule has 16 heavy (non-hydrogen) atoms. The van der Waals surface area contributed by atoms with Crippen molar-refractivity contribution in [3.63, 3.8) is 0 Å². The number of aliphatic hydroxyl groups is 2. The largest absolute Gasteiger partial charge is 0.394 e. The minimum absolute atomic E-state index is 0.124. The molecule has 3 N–H and O–H groups in total. The van der Waals surface area contributed by atoms with Crippen LogP contribution in [0.25, 0.3) is 0 Å². The monoisotopic (exact) mass is 228 g/mol. The molecule has 4 heteroatoms. The molecule has 0 radical (unpaired) electrons. The summed E-state index contributed by atoms with van der Waals surface area (Å²) in [5.74, 6) is 0. The van der Waals surface area contributed by atoms with Crippen LogP contribution in [0.2, 0.25) is 0 Å². The second-order valence-corrected chi connectivity index (χ2v) is 5.17. The Morgan fingerprint density at radius 2 is 2.06 bits per heavy atom. The van der Waals surface area contributed by atoms with Gasteiger partial charge in [-0.3, -0.25) is 4.90 Å². The van der Waals surface area contributed by atoms with Gasteiger partial charge in [-0.2, -0.15) is 0 Å². The summed E-state index contributed by atoms with van der Waals surface area (Å²) in [5.41, 5.74) is 0. The van der Waals surface area contributed by atoms with Crippen LogP contribution in [0.15, 0.2) is 0 Å². The maximum atomic E-state index is 9.52. The van der Waals surface area contributed by atoms with Crippen molar-refractivity contribution in [3.8, 4) is 0 Å². The van der Waals surface area contributed by atoms with Gasteiger partial charge in [-0.15, -0.1) is 0 Å². The average Bonchev–Trinajstić information content (AvgIpc) is 3.13. The zero-order valence-electron chi connectivity index (χ0n) is 9.94. The summed E-state index contributed by atoms with van der Waals surface area (Å²) >= 11 is 0. The Hall–Kier alpha value is -0.160. The molecular formula is C12H24N2O2. The van der Waals surface area contributed by atoms with Crippen molar-refractivity contribution in [2.24, 2.45) is 0 Å². The van der Waals surface area contributed by atoms with Crippen LogP contribution >= 0.6 is 0 Å². The lowest BCUT2D eigenvalue weighted by Crippen LogP contribution is -2.47. The zero-order chi connectivity index (χ0) is 11.4. The maximum Gasteiger partial charge on any atom is 0.0897 e. The number of aliphatic hydroxyl groups excluding tert-OH is 2. The SMILES string of the molecule is OCC(O)CN(CC1CCCCN1)C1CC1. The molecule has 1 aliphatic heterocycles. The number of hydrogen-bond donors (Lipinski definition) is 3. The summed E-state index contributed by atoms with van der Waals surface area (Å²) in [7, 11) is 0. The number of rotatable bonds is 6. The predicted octanol–water partition coefficient (Wildman–Crippen LogP) is -0.0539. The first-order valence-electron chi connectivity index (χ1n) is 6.56. The van der Waals surface area contributed by atoms with Crippen LogP contribution in [-0.4, -0.2) is 59.5 Å². The van der Waals surface area contributed by atoms with Gasteiger partial charge in [0, 0.05) is 25.2 Å². The van der Waals surface area contributed by atoms with E-state index in [0.29, 0.717) is 18.6 Å². The Kier molecular flexibility index (Phi) is 4.58. The van der Waals surface area contributed by atoms with Gasteiger partial charge in [0.2, 0.25) is 0 Å². The highest BCUT2D eigenvalue weighted by atomic mass is 16.3. The molecule has 2 fully saturated rings. The first-order chi connectivity index (χ1) is 7.79. The van der Waals surface area contributed by atoms with E-state index in [1.165, 1.54) is 32.1 Å². The van der Waals surface area contributed by atoms with Gasteiger partial charge in [-0.25, -0.2) is 0 Å². The molecule has 2 aliphatic rings. The van der Waals surface area contributed by atoms with Gasteiger partial charge in [0.05, 0.1) is 12.7 Å². The number of hydrogen-bond acceptors (Lipinski definition) is 4. The van der Waals surface area contributed by atoms with Crippen molar-refractivity contribution in [1.82, 2.24) is 10.2 Å². The predicted molar refractivity (Wildman–Crippen MR) is 63.3 cm³/mol. The fourth-order valence-electron chi connectivity index (χ4n) is 2.50. The molecule has 0 aromatic carbocycles. The number of piperidine rings is 1. The Morgan fingerprint density at radius 3 is 2.62 bits per heavy atom. The van der Waals surface area contributed by atoms with Crippen molar-refractivity contribution >= 4 is 0 Å². The molecular weight excluding hydrogens is 204 g/mol. The van der Waals surface area contributed by atoms with E-state index in [2.05, 4.69) is 10.2 Å². The Labute approximate surface area is 97.6 Å². The van der Waals surface area contributed by atoms with E-state index in [0.717, 1.165) is 13.1 Å². The summed E-state index contributed by atoms with van der Waals surface area (Å²) in [4.78, 5) is 2.35. The third-order valence-corrected chi connectivity index (χ3v) is 3.59. The lowest BCUT2D eigenvalue weighted by atomic mass is 10.0. The van der Waals surface area contributed by atoms with Gasteiger partial charge in [0.25, 0.3) is 0 Å². The van der Waals surface area contributed by atoms with Gasteiger partial charge >= 0.3 is 0 Å². The van der Waals surface area contributed by atoms with Crippen molar-refractivity contribution in [2.75, 3.05) is 26.2 Å². The van der Waals surface area contributed by atoms with Crippen LogP contribution in [0.4, 0.5) is 0 Å². The van der Waals surface area contributed by atoms with Crippen LogP contribution in [0.3, 0.4) is 0 Å².